The molecule has 1 amide bonds. The second-order valence-electron chi connectivity index (χ2n) is 0.713. The maximum atomic E-state index is 9.68. The lowest BCUT2D eigenvalue weighted by Crippen LogP contribution is -2.18. The maximum absolute atomic E-state index is 9.68. The highest BCUT2D eigenvalue weighted by Gasteiger charge is 1.92. The van der Waals surface area contributed by atoms with Crippen LogP contribution in [0, 0.1) is 5.41 Å². The molecule has 0 saturated heterocycles. The second kappa shape index (κ2) is 2.82. The van der Waals surface area contributed by atoms with Gasteiger partial charge in [-0.2, -0.15) is 0 Å². The summed E-state index contributed by atoms with van der Waals surface area (Å²) < 4.78 is 0. The first-order valence-corrected chi connectivity index (χ1v) is 2.09. The van der Waals surface area contributed by atoms with Crippen LogP contribution in [0.2, 0.25) is 0 Å². The predicted octanol–water partition coefficient (Wildman–Crippen LogP) is 1.11. The Labute approximate surface area is 50.1 Å². The van der Waals surface area contributed by atoms with Gasteiger partial charge in [0.2, 0.25) is 0 Å². The Hall–Kier alpha value is -0.280. The van der Waals surface area contributed by atoms with Gasteiger partial charge in [0.25, 0.3) is 0 Å². The summed E-state index contributed by atoms with van der Waals surface area (Å²) in [6.45, 7) is 0. The summed E-state index contributed by atoms with van der Waals surface area (Å²) in [7, 11) is 0. The Bertz CT molecular complexity index is 89.9. The topological polar surface area (TPSA) is 53.0 Å². The molecule has 0 bridgehead atoms. The first kappa shape index (κ1) is 6.72. The monoisotopic (exact) mass is 140 g/mol. The molecule has 0 aliphatic heterocycles. The molecule has 2 N–H and O–H groups in total. The van der Waals surface area contributed by atoms with E-state index in [1.54, 1.807) is 5.32 Å². The number of amides is 1. The van der Waals surface area contributed by atoms with Crippen LogP contribution in [-0.4, -0.2) is 10.7 Å². The third kappa shape index (κ3) is 5.72. The van der Waals surface area contributed by atoms with Crippen molar-refractivity contribution >= 4 is 33.9 Å². The van der Waals surface area contributed by atoms with Crippen molar-refractivity contribution in [2.75, 3.05) is 0 Å². The van der Waals surface area contributed by atoms with Crippen LogP contribution in [0.4, 0.5) is 4.79 Å². The van der Waals surface area contributed by atoms with Crippen LogP contribution in [-0.2, 0) is 0 Å². The minimum atomic E-state index is -0.847. The zero-order valence-electron chi connectivity index (χ0n) is 3.16. The molecule has 5 heteroatoms. The second-order valence-corrected chi connectivity index (χ2v) is 1.43. The number of carbonyl (C=O) groups excluding carboxylic acids is 1. The smallest absolute Gasteiger partial charge is 0.288 e. The Morgan fingerprint density at radius 3 is 2.00 bits per heavy atom. The quantitative estimate of drug-likeness (QED) is 0.225. The van der Waals surface area contributed by atoms with E-state index in [2.05, 4.69) is 0 Å². The van der Waals surface area contributed by atoms with E-state index in [0.717, 1.165) is 0 Å². The van der Waals surface area contributed by atoms with Gasteiger partial charge in [-0.15, -0.1) is 0 Å². The number of rotatable bonds is 0. The molecule has 0 aliphatic carbocycles. The van der Waals surface area contributed by atoms with Gasteiger partial charge < -0.3 is 0 Å². The summed E-state index contributed by atoms with van der Waals surface area (Å²) in [5, 5.41) is 6.84. The summed E-state index contributed by atoms with van der Waals surface area (Å²) in [5.74, 6) is 0. The fourth-order valence-electron chi connectivity index (χ4n) is 0.0863. The molecule has 0 aromatic carbocycles. The van der Waals surface area contributed by atoms with Crippen molar-refractivity contribution in [2.24, 2.45) is 0 Å². The number of hydrogen-bond donors (Lipinski definition) is 2. The molecule has 40 valence electrons. The minimum absolute atomic E-state index is 0.472. The summed E-state index contributed by atoms with van der Waals surface area (Å²) >= 11 is 9.54. The molecule has 0 fully saturated rings. The van der Waals surface area contributed by atoms with Gasteiger partial charge in [0, 0.05) is 0 Å². The van der Waals surface area contributed by atoms with Crippen LogP contribution in [0.3, 0.4) is 0 Å². The molecule has 0 unspecified atom stereocenters. The van der Waals surface area contributed by atoms with Gasteiger partial charge in [0.05, 0.1) is 0 Å². The van der Waals surface area contributed by atoms with Crippen LogP contribution in [0.25, 0.3) is 0 Å². The summed E-state index contributed by atoms with van der Waals surface area (Å²) in [4.78, 5) is 9.68. The Morgan fingerprint density at radius 1 is 1.57 bits per heavy atom. The van der Waals surface area contributed by atoms with E-state index < -0.39 is 10.7 Å². The number of carbonyl (C=O) groups is 1. The number of hydrogen-bond acceptors (Lipinski definition) is 2. The molecule has 0 spiro atoms. The van der Waals surface area contributed by atoms with Gasteiger partial charge in [0.15, 0.2) is 5.29 Å². The maximum Gasteiger partial charge on any atom is 0.320 e. The third-order valence-electron chi connectivity index (χ3n) is 0.208. The zero-order valence-corrected chi connectivity index (χ0v) is 4.68. The zero-order chi connectivity index (χ0) is 5.86. The molecular weight excluding hydrogens is 139 g/mol. The first-order valence-electron chi connectivity index (χ1n) is 1.33. The summed E-state index contributed by atoms with van der Waals surface area (Å²) in [6.07, 6.45) is 0. The Balaban J connectivity index is 3.32. The van der Waals surface area contributed by atoms with E-state index in [1.165, 1.54) is 0 Å². The van der Waals surface area contributed by atoms with E-state index in [1.807, 2.05) is 0 Å². The fourth-order valence-corrected chi connectivity index (χ4v) is 0.315. The summed E-state index contributed by atoms with van der Waals surface area (Å²) in [5.41, 5.74) is 0. The van der Waals surface area contributed by atoms with Crippen LogP contribution in [0.5, 0.6) is 0 Å². The number of amidine groups is 1. The predicted molar refractivity (Wildman–Crippen MR) is 28.0 cm³/mol. The van der Waals surface area contributed by atoms with E-state index in [-0.39, 0.29) is 0 Å². The molecule has 3 nitrogen and oxygen atoms in total. The normalized spacial score (nSPS) is 7.71. The van der Waals surface area contributed by atoms with Crippen molar-refractivity contribution < 1.29 is 4.79 Å². The molecule has 7 heavy (non-hydrogen) atoms. The van der Waals surface area contributed by atoms with Crippen molar-refractivity contribution in [1.82, 2.24) is 5.32 Å². The highest BCUT2D eigenvalue weighted by atomic mass is 35.5. The van der Waals surface area contributed by atoms with Gasteiger partial charge in [0.1, 0.15) is 0 Å². The Kier molecular flexibility index (Phi) is 2.71. The molecule has 0 atom stereocenters. The fraction of sp³-hybridized carbons (Fsp3) is 0. The lowest BCUT2D eigenvalue weighted by atomic mass is 11.1. The number of halogens is 2. The largest absolute Gasteiger partial charge is 0.320 e. The molecule has 0 aliphatic rings. The van der Waals surface area contributed by atoms with Crippen molar-refractivity contribution in [2.45, 2.75) is 0 Å². The van der Waals surface area contributed by atoms with E-state index in [4.69, 9.17) is 28.6 Å². The van der Waals surface area contributed by atoms with Gasteiger partial charge >= 0.3 is 5.37 Å². The average molecular weight is 141 g/mol. The van der Waals surface area contributed by atoms with E-state index in [0.29, 0.717) is 0 Å². The first-order chi connectivity index (χ1) is 3.13. The van der Waals surface area contributed by atoms with Gasteiger partial charge in [-0.25, -0.2) is 0 Å². The van der Waals surface area contributed by atoms with Gasteiger partial charge in [-0.1, -0.05) is 0 Å². The molecule has 0 aromatic heterocycles. The van der Waals surface area contributed by atoms with Crippen LogP contribution >= 0.6 is 23.2 Å². The minimum Gasteiger partial charge on any atom is -0.288 e. The van der Waals surface area contributed by atoms with Crippen molar-refractivity contribution in [1.29, 1.82) is 5.41 Å². The van der Waals surface area contributed by atoms with Crippen molar-refractivity contribution in [3.8, 4) is 0 Å². The van der Waals surface area contributed by atoms with E-state index >= 15 is 0 Å². The van der Waals surface area contributed by atoms with Crippen LogP contribution in [0.15, 0.2) is 0 Å². The molecule has 0 rings (SSSR count). The molecule has 0 saturated carbocycles. The molecule has 0 aromatic rings. The highest BCUT2D eigenvalue weighted by Crippen LogP contribution is 1.79. The lowest BCUT2D eigenvalue weighted by Gasteiger charge is -1.87. The van der Waals surface area contributed by atoms with Gasteiger partial charge in [-0.3, -0.25) is 15.5 Å². The molecule has 0 heterocycles. The van der Waals surface area contributed by atoms with Gasteiger partial charge in [-0.05, 0) is 23.2 Å². The molecular formula is C2H2Cl2N2O. The Morgan fingerprint density at radius 2 is 2.00 bits per heavy atom. The van der Waals surface area contributed by atoms with E-state index in [9.17, 15) is 4.79 Å². The third-order valence-corrected chi connectivity index (χ3v) is 0.397. The number of nitrogens with one attached hydrogen (secondary N) is 2. The van der Waals surface area contributed by atoms with Crippen molar-refractivity contribution in [3.63, 3.8) is 0 Å². The van der Waals surface area contributed by atoms with Crippen LogP contribution < -0.4 is 5.32 Å². The summed E-state index contributed by atoms with van der Waals surface area (Å²) in [6, 6.07) is 0. The highest BCUT2D eigenvalue weighted by molar-refractivity contribution is 6.71. The standard InChI is InChI=1S/C2H2Cl2N2O/c3-1(5)6-2(4)7/h(H2,5,6,7). The SMILES string of the molecule is N=C(Cl)NC(=O)Cl. The van der Waals surface area contributed by atoms with Crippen molar-refractivity contribution in [3.05, 3.63) is 0 Å². The average Bonchev–Trinajstić information content (AvgIpc) is 1.27. The molecule has 0 radical (unpaired) electrons. The van der Waals surface area contributed by atoms with Crippen LogP contribution in [0.1, 0.15) is 0 Å². The lowest BCUT2D eigenvalue weighted by molar-refractivity contribution is 0.263.